The van der Waals surface area contributed by atoms with Crippen molar-refractivity contribution < 1.29 is 14.3 Å². The molecule has 1 N–H and O–H groups in total. The van der Waals surface area contributed by atoms with Gasteiger partial charge < -0.3 is 19.9 Å². The molecule has 1 aromatic rings. The molecule has 6 nitrogen and oxygen atoms in total. The number of amides is 2. The van der Waals surface area contributed by atoms with Gasteiger partial charge in [-0.3, -0.25) is 9.59 Å². The number of para-hydroxylation sites is 1. The summed E-state index contributed by atoms with van der Waals surface area (Å²) >= 11 is 1.62. The van der Waals surface area contributed by atoms with Crippen molar-refractivity contribution in [3.63, 3.8) is 0 Å². The van der Waals surface area contributed by atoms with E-state index in [1.165, 1.54) is 0 Å². The molecule has 1 fully saturated rings. The van der Waals surface area contributed by atoms with Crippen molar-refractivity contribution >= 4 is 23.6 Å². The van der Waals surface area contributed by atoms with Crippen LogP contribution < -0.4 is 10.1 Å². The Kier molecular flexibility index (Phi) is 5.63. The van der Waals surface area contributed by atoms with Gasteiger partial charge in [-0.15, -0.1) is 11.8 Å². The predicted octanol–water partition coefficient (Wildman–Crippen LogP) is 0.820. The van der Waals surface area contributed by atoms with Crippen molar-refractivity contribution in [2.24, 2.45) is 0 Å². The second kappa shape index (κ2) is 7.90. The first kappa shape index (κ1) is 17.1. The standard InChI is InChI=1S/C17H23N3O3S/c1-19-8-10-20(11-9-19)16(21)6-7-18-17(22)14-12-24-15-5-3-2-4-13(15)23-14/h2-5,14H,6-12H2,1H3,(H,18,22). The molecule has 2 heterocycles. The monoisotopic (exact) mass is 349 g/mol. The molecule has 1 unspecified atom stereocenters. The molecule has 130 valence electrons. The van der Waals surface area contributed by atoms with Crippen LogP contribution in [-0.4, -0.2) is 73.2 Å². The first-order valence-electron chi connectivity index (χ1n) is 8.26. The summed E-state index contributed by atoms with van der Waals surface area (Å²) in [6.07, 6.45) is -0.157. The van der Waals surface area contributed by atoms with Gasteiger partial charge in [0.1, 0.15) is 5.75 Å². The molecule has 0 saturated carbocycles. The molecule has 1 saturated heterocycles. The smallest absolute Gasteiger partial charge is 0.261 e. The Hall–Kier alpha value is -1.73. The molecule has 0 aliphatic carbocycles. The van der Waals surface area contributed by atoms with E-state index in [1.807, 2.05) is 29.2 Å². The van der Waals surface area contributed by atoms with Crippen molar-refractivity contribution in [3.05, 3.63) is 24.3 Å². The lowest BCUT2D eigenvalue weighted by Crippen LogP contribution is -2.48. The van der Waals surface area contributed by atoms with Crippen molar-refractivity contribution in [2.75, 3.05) is 45.5 Å². The fourth-order valence-corrected chi connectivity index (χ4v) is 3.75. The minimum atomic E-state index is -0.497. The third-order valence-corrected chi connectivity index (χ3v) is 5.41. The molecule has 2 aliphatic rings. The average molecular weight is 349 g/mol. The van der Waals surface area contributed by atoms with Gasteiger partial charge >= 0.3 is 0 Å². The molecular weight excluding hydrogens is 326 g/mol. The molecule has 0 spiro atoms. The molecule has 2 aliphatic heterocycles. The van der Waals surface area contributed by atoms with Gasteiger partial charge in [0.05, 0.1) is 0 Å². The Bertz CT molecular complexity index is 602. The Labute approximate surface area is 146 Å². The number of piperazine rings is 1. The number of thioether (sulfide) groups is 1. The molecule has 7 heteroatoms. The molecule has 24 heavy (non-hydrogen) atoms. The zero-order valence-corrected chi connectivity index (χ0v) is 14.7. The van der Waals surface area contributed by atoms with Gasteiger partial charge in [0.15, 0.2) is 6.10 Å². The van der Waals surface area contributed by atoms with E-state index in [4.69, 9.17) is 4.74 Å². The number of nitrogens with zero attached hydrogens (tertiary/aromatic N) is 2. The quantitative estimate of drug-likeness (QED) is 0.872. The fourth-order valence-electron chi connectivity index (χ4n) is 2.77. The van der Waals surface area contributed by atoms with Gasteiger partial charge in [-0.25, -0.2) is 0 Å². The van der Waals surface area contributed by atoms with E-state index >= 15 is 0 Å². The van der Waals surface area contributed by atoms with Crippen LogP contribution in [0.4, 0.5) is 0 Å². The van der Waals surface area contributed by atoms with E-state index in [2.05, 4.69) is 17.3 Å². The third kappa shape index (κ3) is 4.21. The van der Waals surface area contributed by atoms with E-state index in [1.54, 1.807) is 11.8 Å². The molecule has 0 aromatic heterocycles. The first-order valence-corrected chi connectivity index (χ1v) is 9.24. The molecule has 3 rings (SSSR count). The van der Waals surface area contributed by atoms with Crippen LogP contribution in [0, 0.1) is 0 Å². The van der Waals surface area contributed by atoms with E-state index in [-0.39, 0.29) is 11.8 Å². The lowest BCUT2D eigenvalue weighted by atomic mass is 10.2. The summed E-state index contributed by atoms with van der Waals surface area (Å²) < 4.78 is 5.75. The van der Waals surface area contributed by atoms with Crippen molar-refractivity contribution in [3.8, 4) is 5.75 Å². The normalized spacial score (nSPS) is 20.9. The van der Waals surface area contributed by atoms with E-state index in [0.29, 0.717) is 18.7 Å². The number of ether oxygens (including phenoxy) is 1. The Morgan fingerprint density at radius 3 is 2.79 bits per heavy atom. The highest BCUT2D eigenvalue weighted by molar-refractivity contribution is 7.99. The Morgan fingerprint density at radius 1 is 1.25 bits per heavy atom. The van der Waals surface area contributed by atoms with Crippen LogP contribution in [-0.2, 0) is 9.59 Å². The largest absolute Gasteiger partial charge is 0.479 e. The number of rotatable bonds is 4. The average Bonchev–Trinajstić information content (AvgIpc) is 2.61. The lowest BCUT2D eigenvalue weighted by Gasteiger charge is -2.32. The minimum absolute atomic E-state index is 0.104. The zero-order valence-electron chi connectivity index (χ0n) is 13.9. The molecule has 0 radical (unpaired) electrons. The number of fused-ring (bicyclic) bond motifs is 1. The third-order valence-electron chi connectivity index (χ3n) is 4.30. The van der Waals surface area contributed by atoms with E-state index < -0.39 is 6.10 Å². The van der Waals surface area contributed by atoms with Crippen molar-refractivity contribution in [2.45, 2.75) is 17.4 Å². The number of likely N-dealkylation sites (N-methyl/N-ethyl adjacent to an activating group) is 1. The summed E-state index contributed by atoms with van der Waals surface area (Å²) in [6, 6.07) is 7.72. The summed E-state index contributed by atoms with van der Waals surface area (Å²) in [5.41, 5.74) is 0. The first-order chi connectivity index (χ1) is 11.6. The van der Waals surface area contributed by atoms with Crippen LogP contribution in [0.25, 0.3) is 0 Å². The number of carbonyl (C=O) groups is 2. The van der Waals surface area contributed by atoms with Gasteiger partial charge in [-0.05, 0) is 19.2 Å². The fraction of sp³-hybridized carbons (Fsp3) is 0.529. The van der Waals surface area contributed by atoms with E-state index in [9.17, 15) is 9.59 Å². The van der Waals surface area contributed by atoms with Gasteiger partial charge in [0, 0.05) is 49.8 Å². The number of carbonyl (C=O) groups excluding carboxylic acids is 2. The summed E-state index contributed by atoms with van der Waals surface area (Å²) in [6.45, 7) is 3.70. The maximum Gasteiger partial charge on any atom is 0.261 e. The van der Waals surface area contributed by atoms with Crippen LogP contribution in [0.15, 0.2) is 29.2 Å². The minimum Gasteiger partial charge on any atom is -0.479 e. The summed E-state index contributed by atoms with van der Waals surface area (Å²) in [5, 5.41) is 2.83. The van der Waals surface area contributed by atoms with Gasteiger partial charge in [-0.1, -0.05) is 12.1 Å². The summed E-state index contributed by atoms with van der Waals surface area (Å²) in [5.74, 6) is 1.30. The predicted molar refractivity (Wildman–Crippen MR) is 93.3 cm³/mol. The second-order valence-electron chi connectivity index (χ2n) is 6.09. The second-order valence-corrected chi connectivity index (χ2v) is 7.15. The highest BCUT2D eigenvalue weighted by Crippen LogP contribution is 2.34. The van der Waals surface area contributed by atoms with Crippen LogP contribution in [0.3, 0.4) is 0 Å². The van der Waals surface area contributed by atoms with Crippen molar-refractivity contribution in [1.82, 2.24) is 15.1 Å². The molecular formula is C17H23N3O3S. The Morgan fingerprint density at radius 2 is 2.00 bits per heavy atom. The highest BCUT2D eigenvalue weighted by Gasteiger charge is 2.26. The SMILES string of the molecule is CN1CCN(C(=O)CCNC(=O)C2CSc3ccccc3O2)CC1. The molecule has 1 atom stereocenters. The van der Waals surface area contributed by atoms with Gasteiger partial charge in [-0.2, -0.15) is 0 Å². The Balaban J connectivity index is 1.41. The molecule has 1 aromatic carbocycles. The highest BCUT2D eigenvalue weighted by atomic mass is 32.2. The molecule has 0 bridgehead atoms. The maximum absolute atomic E-state index is 12.2. The summed E-state index contributed by atoms with van der Waals surface area (Å²) in [4.78, 5) is 29.5. The van der Waals surface area contributed by atoms with Crippen LogP contribution in [0.2, 0.25) is 0 Å². The summed E-state index contributed by atoms with van der Waals surface area (Å²) in [7, 11) is 2.06. The zero-order chi connectivity index (χ0) is 16.9. The van der Waals surface area contributed by atoms with E-state index in [0.717, 1.165) is 36.8 Å². The van der Waals surface area contributed by atoms with Crippen LogP contribution >= 0.6 is 11.8 Å². The van der Waals surface area contributed by atoms with Crippen LogP contribution in [0.1, 0.15) is 6.42 Å². The molecule has 2 amide bonds. The number of benzene rings is 1. The number of nitrogens with one attached hydrogen (secondary N) is 1. The van der Waals surface area contributed by atoms with Gasteiger partial charge in [0.2, 0.25) is 5.91 Å². The van der Waals surface area contributed by atoms with Gasteiger partial charge in [0.25, 0.3) is 5.91 Å². The van der Waals surface area contributed by atoms with Crippen molar-refractivity contribution in [1.29, 1.82) is 0 Å². The lowest BCUT2D eigenvalue weighted by molar-refractivity contribution is -0.133. The number of hydrogen-bond acceptors (Lipinski definition) is 5. The topological polar surface area (TPSA) is 61.9 Å². The number of hydrogen-bond donors (Lipinski definition) is 1. The van der Waals surface area contributed by atoms with Crippen LogP contribution in [0.5, 0.6) is 5.75 Å². The maximum atomic E-state index is 12.2.